The molecule has 30 heavy (non-hydrogen) atoms. The van der Waals surface area contributed by atoms with E-state index in [1.165, 1.54) is 6.07 Å². The molecule has 5 heteroatoms. The minimum atomic E-state index is -0.291. The molecule has 0 N–H and O–H groups in total. The lowest BCUT2D eigenvalue weighted by atomic mass is 9.95. The summed E-state index contributed by atoms with van der Waals surface area (Å²) in [6, 6.07) is 17.9. The lowest BCUT2D eigenvalue weighted by Gasteiger charge is -2.27. The number of esters is 1. The first kappa shape index (κ1) is 20.0. The van der Waals surface area contributed by atoms with Crippen LogP contribution in [-0.2, 0) is 11.2 Å². The molecule has 0 bridgehead atoms. The van der Waals surface area contributed by atoms with Gasteiger partial charge in [-0.1, -0.05) is 37.3 Å². The van der Waals surface area contributed by atoms with E-state index >= 15 is 0 Å². The monoisotopic (exact) mass is 406 g/mol. The molecule has 0 unspecified atom stereocenters. The Hall–Kier alpha value is -3.34. The van der Waals surface area contributed by atoms with Crippen LogP contribution in [0, 0.1) is 5.82 Å². The van der Waals surface area contributed by atoms with E-state index in [2.05, 4.69) is 0 Å². The Morgan fingerprint density at radius 2 is 1.83 bits per heavy atom. The van der Waals surface area contributed by atoms with E-state index in [0.717, 1.165) is 35.3 Å². The molecule has 0 saturated heterocycles. The Morgan fingerprint density at radius 3 is 2.57 bits per heavy atom. The molecule has 4 nitrogen and oxygen atoms in total. The van der Waals surface area contributed by atoms with Crippen molar-refractivity contribution in [3.63, 3.8) is 0 Å². The Kier molecular flexibility index (Phi) is 5.70. The maximum Gasteiger partial charge on any atom is 0.310 e. The second-order valence-corrected chi connectivity index (χ2v) is 7.21. The van der Waals surface area contributed by atoms with Crippen molar-refractivity contribution >= 4 is 5.97 Å². The fraction of sp³-hybridized carbons (Fsp3) is 0.240. The molecule has 1 atom stereocenters. The third kappa shape index (κ3) is 4.15. The minimum absolute atomic E-state index is 0.112. The quantitative estimate of drug-likeness (QED) is 0.392. The average molecular weight is 406 g/mol. The zero-order valence-corrected chi connectivity index (χ0v) is 17.0. The molecular weight excluding hydrogens is 383 g/mol. The molecule has 1 aliphatic heterocycles. The van der Waals surface area contributed by atoms with Gasteiger partial charge >= 0.3 is 5.97 Å². The van der Waals surface area contributed by atoms with Gasteiger partial charge in [-0.15, -0.1) is 0 Å². The average Bonchev–Trinajstić information content (AvgIpc) is 2.79. The summed E-state index contributed by atoms with van der Waals surface area (Å²) in [5.41, 5.74) is 3.39. The molecule has 4 rings (SSSR count). The molecule has 1 aliphatic rings. The summed E-state index contributed by atoms with van der Waals surface area (Å²) in [5, 5.41) is 0. The van der Waals surface area contributed by atoms with E-state index < -0.39 is 0 Å². The van der Waals surface area contributed by atoms with E-state index in [1.807, 2.05) is 30.3 Å². The molecule has 0 aliphatic carbocycles. The molecular formula is C25H23FO4. The molecule has 0 amide bonds. The summed E-state index contributed by atoms with van der Waals surface area (Å²) in [6.45, 7) is 1.76. The summed E-state index contributed by atoms with van der Waals surface area (Å²) in [4.78, 5) is 11.6. The number of fused-ring (bicyclic) bond motifs is 1. The van der Waals surface area contributed by atoms with Crippen LogP contribution in [0.2, 0.25) is 0 Å². The van der Waals surface area contributed by atoms with E-state index in [-0.39, 0.29) is 17.9 Å². The van der Waals surface area contributed by atoms with Crippen molar-refractivity contribution in [2.75, 3.05) is 7.11 Å². The molecule has 3 aromatic carbocycles. The largest absolute Gasteiger partial charge is 0.497 e. The molecule has 0 fully saturated rings. The zero-order valence-electron chi connectivity index (χ0n) is 17.0. The number of benzene rings is 3. The van der Waals surface area contributed by atoms with Gasteiger partial charge in [-0.3, -0.25) is 4.79 Å². The van der Waals surface area contributed by atoms with Crippen LogP contribution in [0.25, 0.3) is 11.1 Å². The van der Waals surface area contributed by atoms with Crippen molar-refractivity contribution in [1.29, 1.82) is 0 Å². The maximum atomic E-state index is 14.2. The van der Waals surface area contributed by atoms with Crippen LogP contribution in [0.15, 0.2) is 60.7 Å². The lowest BCUT2D eigenvalue weighted by Crippen LogP contribution is -2.15. The van der Waals surface area contributed by atoms with Crippen molar-refractivity contribution in [1.82, 2.24) is 0 Å². The molecule has 154 valence electrons. The van der Waals surface area contributed by atoms with Gasteiger partial charge in [-0.05, 0) is 53.8 Å². The fourth-order valence-corrected chi connectivity index (χ4v) is 3.58. The molecule has 0 aromatic heterocycles. The second kappa shape index (κ2) is 8.57. The van der Waals surface area contributed by atoms with Crippen LogP contribution in [0.3, 0.4) is 0 Å². The SMILES string of the molecule is CCC(=O)Oc1ccc2c(c1)O[C@@H](c1ccc(-c3cc(OC)ccc3F)cc1)CC2. The topological polar surface area (TPSA) is 44.8 Å². The van der Waals surface area contributed by atoms with Crippen molar-refractivity contribution in [3.8, 4) is 28.4 Å². The normalized spacial score (nSPS) is 15.1. The fourth-order valence-electron chi connectivity index (χ4n) is 3.58. The van der Waals surface area contributed by atoms with Crippen LogP contribution in [0.5, 0.6) is 17.2 Å². The van der Waals surface area contributed by atoms with Gasteiger partial charge in [0.2, 0.25) is 0 Å². The van der Waals surface area contributed by atoms with Gasteiger partial charge in [-0.25, -0.2) is 4.39 Å². The highest BCUT2D eigenvalue weighted by Gasteiger charge is 2.22. The molecule has 1 heterocycles. The van der Waals surface area contributed by atoms with Crippen molar-refractivity contribution < 1.29 is 23.4 Å². The summed E-state index contributed by atoms with van der Waals surface area (Å²) in [7, 11) is 1.56. The standard InChI is InChI=1S/C25H23FO4/c1-3-25(27)29-20-10-8-18-9-13-23(30-24(18)15-20)17-6-4-16(5-7-17)21-14-19(28-2)11-12-22(21)26/h4-8,10-12,14-15,23H,3,9,13H2,1-2H3/t23-/m1/s1. The summed E-state index contributed by atoms with van der Waals surface area (Å²) in [5.74, 6) is 1.27. The number of aryl methyl sites for hydroxylation is 1. The number of methoxy groups -OCH3 is 1. The highest BCUT2D eigenvalue weighted by atomic mass is 19.1. The van der Waals surface area contributed by atoms with Crippen molar-refractivity contribution in [2.24, 2.45) is 0 Å². The van der Waals surface area contributed by atoms with Gasteiger partial charge in [0, 0.05) is 18.1 Å². The third-order valence-corrected chi connectivity index (χ3v) is 5.27. The summed E-state index contributed by atoms with van der Waals surface area (Å²) < 4.78 is 31.0. The lowest BCUT2D eigenvalue weighted by molar-refractivity contribution is -0.134. The minimum Gasteiger partial charge on any atom is -0.497 e. The number of hydrogen-bond donors (Lipinski definition) is 0. The van der Waals surface area contributed by atoms with Crippen LogP contribution in [-0.4, -0.2) is 13.1 Å². The first-order valence-electron chi connectivity index (χ1n) is 10.0. The van der Waals surface area contributed by atoms with Crippen molar-refractivity contribution in [3.05, 3.63) is 77.6 Å². The van der Waals surface area contributed by atoms with Gasteiger partial charge in [0.25, 0.3) is 0 Å². The van der Waals surface area contributed by atoms with Crippen LogP contribution in [0.4, 0.5) is 4.39 Å². The molecule has 0 saturated carbocycles. The number of rotatable bonds is 5. The van der Waals surface area contributed by atoms with Crippen LogP contribution in [0.1, 0.15) is 37.0 Å². The molecule has 3 aromatic rings. The Balaban J connectivity index is 1.53. The maximum absolute atomic E-state index is 14.2. The van der Waals surface area contributed by atoms with Gasteiger partial charge in [0.15, 0.2) is 0 Å². The Labute approximate surface area is 175 Å². The van der Waals surface area contributed by atoms with Crippen molar-refractivity contribution in [2.45, 2.75) is 32.3 Å². The number of hydrogen-bond acceptors (Lipinski definition) is 4. The van der Waals surface area contributed by atoms with Gasteiger partial charge < -0.3 is 14.2 Å². The predicted octanol–water partition coefficient (Wildman–Crippen LogP) is 5.88. The van der Waals surface area contributed by atoms with Crippen LogP contribution < -0.4 is 14.2 Å². The van der Waals surface area contributed by atoms with E-state index in [0.29, 0.717) is 23.5 Å². The highest BCUT2D eigenvalue weighted by Crippen LogP contribution is 2.38. The third-order valence-electron chi connectivity index (χ3n) is 5.27. The molecule has 0 spiro atoms. The zero-order chi connectivity index (χ0) is 21.1. The molecule has 0 radical (unpaired) electrons. The Morgan fingerprint density at radius 1 is 1.07 bits per heavy atom. The van der Waals surface area contributed by atoms with Crippen LogP contribution >= 0.6 is 0 Å². The Bertz CT molecular complexity index is 1060. The van der Waals surface area contributed by atoms with E-state index in [9.17, 15) is 9.18 Å². The van der Waals surface area contributed by atoms with E-state index in [1.54, 1.807) is 38.3 Å². The summed E-state index contributed by atoms with van der Waals surface area (Å²) in [6.07, 6.45) is 1.92. The number of carbonyl (C=O) groups excluding carboxylic acids is 1. The number of carbonyl (C=O) groups is 1. The number of ether oxygens (including phenoxy) is 3. The highest BCUT2D eigenvalue weighted by molar-refractivity contribution is 5.72. The number of halogens is 1. The first-order chi connectivity index (χ1) is 14.6. The van der Waals surface area contributed by atoms with Gasteiger partial charge in [0.1, 0.15) is 29.2 Å². The predicted molar refractivity (Wildman–Crippen MR) is 112 cm³/mol. The van der Waals surface area contributed by atoms with Gasteiger partial charge in [-0.2, -0.15) is 0 Å². The van der Waals surface area contributed by atoms with Gasteiger partial charge in [0.05, 0.1) is 7.11 Å². The first-order valence-corrected chi connectivity index (χ1v) is 10.0. The smallest absolute Gasteiger partial charge is 0.310 e. The summed E-state index contributed by atoms with van der Waals surface area (Å²) >= 11 is 0. The van der Waals surface area contributed by atoms with E-state index in [4.69, 9.17) is 14.2 Å². The second-order valence-electron chi connectivity index (χ2n) is 7.21.